The lowest BCUT2D eigenvalue weighted by molar-refractivity contribution is -0.116. The van der Waals surface area contributed by atoms with Crippen molar-refractivity contribution in [2.24, 2.45) is 4.99 Å². The summed E-state index contributed by atoms with van der Waals surface area (Å²) in [6.45, 7) is 1.43. The number of likely N-dealkylation sites (tertiary alicyclic amines) is 1. The predicted octanol–water partition coefficient (Wildman–Crippen LogP) is 3.27. The third-order valence-electron chi connectivity index (χ3n) is 5.13. The number of hydrogen-bond donors (Lipinski definition) is 1. The Morgan fingerprint density at radius 3 is 2.61 bits per heavy atom. The first-order valence-electron chi connectivity index (χ1n) is 9.31. The van der Waals surface area contributed by atoms with Gasteiger partial charge in [0.05, 0.1) is 11.4 Å². The summed E-state index contributed by atoms with van der Waals surface area (Å²) in [5.41, 5.74) is 2.56. The van der Waals surface area contributed by atoms with E-state index in [1.54, 1.807) is 48.3 Å². The monoisotopic (exact) mass is 380 g/mol. The molecule has 6 nitrogen and oxygen atoms in total. The number of carbonyl (C=O) groups is 2. The lowest BCUT2D eigenvalue weighted by Crippen LogP contribution is -2.32. The van der Waals surface area contributed by atoms with Crippen molar-refractivity contribution in [3.05, 3.63) is 59.4 Å². The van der Waals surface area contributed by atoms with Gasteiger partial charge in [0.2, 0.25) is 5.91 Å². The number of hydrogen-bond acceptors (Lipinski definition) is 3. The number of likely N-dealkylation sites (N-methyl/N-ethyl adjacent to an activating group) is 1. The van der Waals surface area contributed by atoms with Crippen molar-refractivity contribution in [3.8, 4) is 0 Å². The summed E-state index contributed by atoms with van der Waals surface area (Å²) in [6, 6.07) is 11.5. The standard InChI is InChI=1S/C21H21FN4O2/c1-25-18-9-8-14(24-21(28)26-10-4-5-11-26)12-16(18)20(23-13-19(25)27)15-6-2-3-7-17(15)22/h2-3,6-9,12H,4-5,10-11,13H2,1H3,(H,24,28). The van der Waals surface area contributed by atoms with Crippen LogP contribution in [0.25, 0.3) is 0 Å². The van der Waals surface area contributed by atoms with Gasteiger partial charge in [0.1, 0.15) is 12.4 Å². The molecule has 1 N–H and O–H groups in total. The fourth-order valence-electron chi connectivity index (χ4n) is 3.57. The predicted molar refractivity (Wildman–Crippen MR) is 107 cm³/mol. The lowest BCUT2D eigenvalue weighted by atomic mass is 9.99. The average Bonchev–Trinajstić information content (AvgIpc) is 3.20. The topological polar surface area (TPSA) is 65.0 Å². The van der Waals surface area contributed by atoms with E-state index in [1.165, 1.54) is 11.0 Å². The van der Waals surface area contributed by atoms with E-state index in [2.05, 4.69) is 10.3 Å². The molecule has 0 radical (unpaired) electrons. The van der Waals surface area contributed by atoms with Crippen LogP contribution in [0.3, 0.4) is 0 Å². The van der Waals surface area contributed by atoms with Gasteiger partial charge in [-0.3, -0.25) is 9.79 Å². The van der Waals surface area contributed by atoms with Gasteiger partial charge in [-0.1, -0.05) is 12.1 Å². The smallest absolute Gasteiger partial charge is 0.321 e. The Balaban J connectivity index is 1.75. The maximum atomic E-state index is 14.5. The summed E-state index contributed by atoms with van der Waals surface area (Å²) >= 11 is 0. The highest BCUT2D eigenvalue weighted by atomic mass is 19.1. The van der Waals surface area contributed by atoms with E-state index in [0.29, 0.717) is 28.2 Å². The quantitative estimate of drug-likeness (QED) is 0.869. The molecular weight excluding hydrogens is 359 g/mol. The average molecular weight is 380 g/mol. The molecule has 1 saturated heterocycles. The number of anilines is 2. The Hall–Kier alpha value is -3.22. The van der Waals surface area contributed by atoms with Crippen LogP contribution in [0, 0.1) is 5.82 Å². The maximum absolute atomic E-state index is 14.5. The minimum Gasteiger partial charge on any atom is -0.325 e. The maximum Gasteiger partial charge on any atom is 0.321 e. The van der Waals surface area contributed by atoms with Crippen LogP contribution < -0.4 is 10.2 Å². The van der Waals surface area contributed by atoms with E-state index >= 15 is 0 Å². The van der Waals surface area contributed by atoms with Crippen LogP contribution in [0.4, 0.5) is 20.6 Å². The zero-order valence-corrected chi connectivity index (χ0v) is 15.6. The Labute approximate surface area is 162 Å². The van der Waals surface area contributed by atoms with Gasteiger partial charge in [-0.2, -0.15) is 0 Å². The van der Waals surface area contributed by atoms with Gasteiger partial charge in [0, 0.05) is 37.0 Å². The van der Waals surface area contributed by atoms with Crippen LogP contribution in [0.1, 0.15) is 24.0 Å². The first kappa shape index (κ1) is 18.2. The second-order valence-corrected chi connectivity index (χ2v) is 6.95. The molecule has 0 unspecified atom stereocenters. The van der Waals surface area contributed by atoms with Crippen molar-refractivity contribution in [2.75, 3.05) is 36.9 Å². The highest BCUT2D eigenvalue weighted by molar-refractivity contribution is 6.20. The van der Waals surface area contributed by atoms with E-state index in [9.17, 15) is 14.0 Å². The molecule has 28 heavy (non-hydrogen) atoms. The zero-order chi connectivity index (χ0) is 19.7. The van der Waals surface area contributed by atoms with Gasteiger partial charge in [0.25, 0.3) is 0 Å². The Morgan fingerprint density at radius 2 is 1.86 bits per heavy atom. The summed E-state index contributed by atoms with van der Waals surface area (Å²) in [5, 5.41) is 2.90. The van der Waals surface area contributed by atoms with Crippen molar-refractivity contribution in [1.29, 1.82) is 0 Å². The lowest BCUT2D eigenvalue weighted by Gasteiger charge is -2.20. The fraction of sp³-hybridized carbons (Fsp3) is 0.286. The number of fused-ring (bicyclic) bond motifs is 1. The summed E-state index contributed by atoms with van der Waals surface area (Å²) in [7, 11) is 1.67. The Bertz CT molecular complexity index is 967. The molecule has 7 heteroatoms. The largest absolute Gasteiger partial charge is 0.325 e. The van der Waals surface area contributed by atoms with Gasteiger partial charge >= 0.3 is 6.03 Å². The van der Waals surface area contributed by atoms with Crippen molar-refractivity contribution < 1.29 is 14.0 Å². The second kappa shape index (κ2) is 7.42. The molecule has 2 heterocycles. The summed E-state index contributed by atoms with van der Waals surface area (Å²) in [5.74, 6) is -0.586. The number of amides is 3. The second-order valence-electron chi connectivity index (χ2n) is 6.95. The summed E-state index contributed by atoms with van der Waals surface area (Å²) < 4.78 is 14.5. The van der Waals surface area contributed by atoms with Crippen LogP contribution in [0.5, 0.6) is 0 Å². The van der Waals surface area contributed by atoms with E-state index in [0.717, 1.165) is 25.9 Å². The van der Waals surface area contributed by atoms with Crippen molar-refractivity contribution >= 4 is 29.0 Å². The molecule has 3 amide bonds. The van der Waals surface area contributed by atoms with Crippen molar-refractivity contribution in [3.63, 3.8) is 0 Å². The molecule has 0 aromatic heterocycles. The molecule has 0 aliphatic carbocycles. The van der Waals surface area contributed by atoms with Crippen LogP contribution >= 0.6 is 0 Å². The molecule has 0 spiro atoms. The molecule has 2 aliphatic heterocycles. The molecule has 0 bridgehead atoms. The first-order valence-corrected chi connectivity index (χ1v) is 9.31. The molecule has 0 atom stereocenters. The van der Waals surface area contributed by atoms with E-state index in [4.69, 9.17) is 0 Å². The molecule has 0 saturated carbocycles. The number of benzene rings is 2. The number of rotatable bonds is 2. The molecule has 2 aromatic rings. The molecule has 1 fully saturated rings. The van der Waals surface area contributed by atoms with Crippen molar-refractivity contribution in [2.45, 2.75) is 12.8 Å². The minimum absolute atomic E-state index is 0.0652. The summed E-state index contributed by atoms with van der Waals surface area (Å²) in [6.07, 6.45) is 2.02. The van der Waals surface area contributed by atoms with Gasteiger partial charge in [0.15, 0.2) is 0 Å². The molecule has 4 rings (SSSR count). The van der Waals surface area contributed by atoms with Crippen LogP contribution in [0.15, 0.2) is 47.5 Å². The number of halogens is 1. The first-order chi connectivity index (χ1) is 13.5. The number of carbonyl (C=O) groups excluding carboxylic acids is 2. The number of nitrogens with zero attached hydrogens (tertiary/aromatic N) is 3. The number of benzodiazepines with no additional fused rings is 1. The Kier molecular flexibility index (Phi) is 4.81. The Morgan fingerprint density at radius 1 is 1.11 bits per heavy atom. The number of nitrogens with one attached hydrogen (secondary N) is 1. The molecule has 144 valence electrons. The van der Waals surface area contributed by atoms with Crippen molar-refractivity contribution in [1.82, 2.24) is 4.90 Å². The fourth-order valence-corrected chi connectivity index (χ4v) is 3.57. The van der Waals surface area contributed by atoms with Crippen LogP contribution in [0.2, 0.25) is 0 Å². The molecule has 2 aromatic carbocycles. The van der Waals surface area contributed by atoms with Gasteiger partial charge in [-0.15, -0.1) is 0 Å². The van der Waals surface area contributed by atoms with Gasteiger partial charge < -0.3 is 15.1 Å². The third kappa shape index (κ3) is 3.35. The minimum atomic E-state index is -0.407. The number of urea groups is 1. The van der Waals surface area contributed by atoms with Gasteiger partial charge in [-0.05, 0) is 43.2 Å². The van der Waals surface area contributed by atoms with E-state index in [-0.39, 0.29) is 18.5 Å². The summed E-state index contributed by atoms with van der Waals surface area (Å²) in [4.78, 5) is 32.4. The zero-order valence-electron chi connectivity index (χ0n) is 15.6. The van der Waals surface area contributed by atoms with Crippen LogP contribution in [-0.2, 0) is 4.79 Å². The van der Waals surface area contributed by atoms with Gasteiger partial charge in [-0.25, -0.2) is 9.18 Å². The normalized spacial score (nSPS) is 16.5. The highest BCUT2D eigenvalue weighted by Gasteiger charge is 2.25. The third-order valence-corrected chi connectivity index (χ3v) is 5.13. The van der Waals surface area contributed by atoms with Crippen LogP contribution in [-0.4, -0.2) is 49.2 Å². The van der Waals surface area contributed by atoms with E-state index < -0.39 is 5.82 Å². The SMILES string of the molecule is CN1C(=O)CN=C(c2ccccc2F)c2cc(NC(=O)N3CCCC3)ccc21. The van der Waals surface area contributed by atoms with E-state index in [1.807, 2.05) is 0 Å². The number of aliphatic imine (C=N–C) groups is 1. The molecular formula is C21H21FN4O2. The highest BCUT2D eigenvalue weighted by Crippen LogP contribution is 2.30. The molecule has 2 aliphatic rings.